The van der Waals surface area contributed by atoms with Crippen LogP contribution in [-0.2, 0) is 11.3 Å². The molecular weight excluding hydrogens is 236 g/mol. The summed E-state index contributed by atoms with van der Waals surface area (Å²) in [6.07, 6.45) is 0. The summed E-state index contributed by atoms with van der Waals surface area (Å²) in [5, 5.41) is 14.1. The molecule has 0 heterocycles. The zero-order valence-corrected chi connectivity index (χ0v) is 10.8. The Hall–Kier alpha value is -1.66. The van der Waals surface area contributed by atoms with E-state index in [1.807, 2.05) is 13.8 Å². The standard InChI is InChI=1S/C12H18N2O4/c1-9(2)13-7-10-4-5-11(14(15)16)12(6-10)18-8-17-3/h4-6,9,13H,7-8H2,1-3H3. The van der Waals surface area contributed by atoms with Gasteiger partial charge in [0.15, 0.2) is 12.5 Å². The lowest BCUT2D eigenvalue weighted by Crippen LogP contribution is -2.21. The van der Waals surface area contributed by atoms with Crippen LogP contribution >= 0.6 is 0 Å². The molecule has 0 unspecified atom stereocenters. The average Bonchev–Trinajstić information content (AvgIpc) is 2.33. The number of nitro benzene ring substituents is 1. The molecule has 0 aromatic heterocycles. The molecule has 0 radical (unpaired) electrons. The fraction of sp³-hybridized carbons (Fsp3) is 0.500. The molecule has 1 N–H and O–H groups in total. The number of nitro groups is 1. The third kappa shape index (κ3) is 4.31. The van der Waals surface area contributed by atoms with Gasteiger partial charge in [0, 0.05) is 25.8 Å². The molecule has 0 fully saturated rings. The van der Waals surface area contributed by atoms with E-state index in [2.05, 4.69) is 5.32 Å². The van der Waals surface area contributed by atoms with E-state index in [0.29, 0.717) is 12.6 Å². The fourth-order valence-corrected chi connectivity index (χ4v) is 1.38. The molecular formula is C12H18N2O4. The molecule has 0 amide bonds. The van der Waals surface area contributed by atoms with Crippen LogP contribution in [0, 0.1) is 10.1 Å². The fourth-order valence-electron chi connectivity index (χ4n) is 1.38. The van der Waals surface area contributed by atoms with E-state index in [1.165, 1.54) is 13.2 Å². The average molecular weight is 254 g/mol. The number of nitrogens with one attached hydrogen (secondary N) is 1. The van der Waals surface area contributed by atoms with Crippen molar-refractivity contribution in [2.45, 2.75) is 26.4 Å². The highest BCUT2D eigenvalue weighted by molar-refractivity contribution is 5.48. The number of ether oxygens (including phenoxy) is 2. The number of benzene rings is 1. The van der Waals surface area contributed by atoms with Crippen molar-refractivity contribution in [3.8, 4) is 5.75 Å². The zero-order valence-electron chi connectivity index (χ0n) is 10.8. The van der Waals surface area contributed by atoms with Crippen molar-refractivity contribution >= 4 is 5.69 Å². The summed E-state index contributed by atoms with van der Waals surface area (Å²) in [4.78, 5) is 10.4. The molecule has 0 aliphatic carbocycles. The summed E-state index contributed by atoms with van der Waals surface area (Å²) in [7, 11) is 1.47. The second kappa shape index (κ2) is 6.93. The van der Waals surface area contributed by atoms with Crippen LogP contribution in [0.5, 0.6) is 5.75 Å². The first-order valence-corrected chi connectivity index (χ1v) is 5.67. The lowest BCUT2D eigenvalue weighted by Gasteiger charge is -2.10. The van der Waals surface area contributed by atoms with Crippen molar-refractivity contribution < 1.29 is 14.4 Å². The second-order valence-electron chi connectivity index (χ2n) is 4.15. The maximum atomic E-state index is 10.8. The third-order valence-corrected chi connectivity index (χ3v) is 2.27. The van der Waals surface area contributed by atoms with Crippen LogP contribution in [0.25, 0.3) is 0 Å². The van der Waals surface area contributed by atoms with E-state index < -0.39 is 4.92 Å². The van der Waals surface area contributed by atoms with Crippen LogP contribution in [-0.4, -0.2) is 24.9 Å². The summed E-state index contributed by atoms with van der Waals surface area (Å²) in [5.41, 5.74) is 0.876. The molecule has 0 aliphatic heterocycles. The summed E-state index contributed by atoms with van der Waals surface area (Å²) in [6.45, 7) is 4.70. The molecule has 0 aliphatic rings. The Morgan fingerprint density at radius 1 is 1.44 bits per heavy atom. The Balaban J connectivity index is 2.86. The van der Waals surface area contributed by atoms with E-state index in [-0.39, 0.29) is 18.2 Å². The van der Waals surface area contributed by atoms with Gasteiger partial charge in [0.25, 0.3) is 0 Å². The van der Waals surface area contributed by atoms with Crippen LogP contribution in [0.15, 0.2) is 18.2 Å². The summed E-state index contributed by atoms with van der Waals surface area (Å²) in [5.74, 6) is 0.227. The molecule has 0 saturated carbocycles. The summed E-state index contributed by atoms with van der Waals surface area (Å²) < 4.78 is 9.96. The second-order valence-corrected chi connectivity index (χ2v) is 4.15. The Labute approximate surface area is 106 Å². The van der Waals surface area contributed by atoms with Crippen LogP contribution in [0.3, 0.4) is 0 Å². The maximum absolute atomic E-state index is 10.8. The van der Waals surface area contributed by atoms with Crippen LogP contribution in [0.1, 0.15) is 19.4 Å². The molecule has 0 bridgehead atoms. The van der Waals surface area contributed by atoms with Gasteiger partial charge in [-0.2, -0.15) is 0 Å². The first kappa shape index (κ1) is 14.4. The Morgan fingerprint density at radius 2 is 2.17 bits per heavy atom. The number of hydrogen-bond donors (Lipinski definition) is 1. The highest BCUT2D eigenvalue weighted by Crippen LogP contribution is 2.27. The molecule has 1 aromatic carbocycles. The van der Waals surface area contributed by atoms with Gasteiger partial charge >= 0.3 is 5.69 Å². The van der Waals surface area contributed by atoms with Gasteiger partial charge in [-0.3, -0.25) is 10.1 Å². The largest absolute Gasteiger partial charge is 0.460 e. The van der Waals surface area contributed by atoms with Gasteiger partial charge in [-0.05, 0) is 11.6 Å². The Kier molecular flexibility index (Phi) is 5.54. The number of rotatable bonds is 7. The maximum Gasteiger partial charge on any atom is 0.311 e. The molecule has 1 aromatic rings. The number of nitrogens with zero attached hydrogens (tertiary/aromatic N) is 1. The van der Waals surface area contributed by atoms with Gasteiger partial charge in [0.1, 0.15) is 0 Å². The minimum Gasteiger partial charge on any atom is -0.460 e. The quantitative estimate of drug-likeness (QED) is 0.458. The first-order chi connectivity index (χ1) is 8.54. The SMILES string of the molecule is COCOc1cc(CNC(C)C)ccc1[N+](=O)[O-]. The molecule has 100 valence electrons. The Bertz CT molecular complexity index is 407. The number of methoxy groups -OCH3 is 1. The van der Waals surface area contributed by atoms with Crippen molar-refractivity contribution in [2.24, 2.45) is 0 Å². The third-order valence-electron chi connectivity index (χ3n) is 2.27. The normalized spacial score (nSPS) is 10.7. The van der Waals surface area contributed by atoms with Crippen LogP contribution in [0.2, 0.25) is 0 Å². The topological polar surface area (TPSA) is 73.6 Å². The van der Waals surface area contributed by atoms with Gasteiger partial charge in [-0.15, -0.1) is 0 Å². The van der Waals surface area contributed by atoms with E-state index >= 15 is 0 Å². The molecule has 0 saturated heterocycles. The smallest absolute Gasteiger partial charge is 0.311 e. The predicted octanol–water partition coefficient (Wildman–Crippen LogP) is 2.08. The molecule has 6 nitrogen and oxygen atoms in total. The predicted molar refractivity (Wildman–Crippen MR) is 67.6 cm³/mol. The zero-order chi connectivity index (χ0) is 13.5. The minimum absolute atomic E-state index is 0.0120. The highest BCUT2D eigenvalue weighted by Gasteiger charge is 2.15. The molecule has 1 rings (SSSR count). The van der Waals surface area contributed by atoms with E-state index in [9.17, 15) is 10.1 Å². The molecule has 18 heavy (non-hydrogen) atoms. The lowest BCUT2D eigenvalue weighted by atomic mass is 10.2. The van der Waals surface area contributed by atoms with Crippen molar-refractivity contribution in [1.29, 1.82) is 0 Å². The van der Waals surface area contributed by atoms with Crippen LogP contribution in [0.4, 0.5) is 5.69 Å². The molecule has 6 heteroatoms. The van der Waals surface area contributed by atoms with Crippen molar-refractivity contribution in [2.75, 3.05) is 13.9 Å². The lowest BCUT2D eigenvalue weighted by molar-refractivity contribution is -0.386. The van der Waals surface area contributed by atoms with Gasteiger partial charge in [0.05, 0.1) is 4.92 Å². The van der Waals surface area contributed by atoms with Gasteiger partial charge < -0.3 is 14.8 Å². The molecule has 0 spiro atoms. The summed E-state index contributed by atoms with van der Waals surface area (Å²) in [6, 6.07) is 5.17. The minimum atomic E-state index is -0.468. The van der Waals surface area contributed by atoms with Crippen molar-refractivity contribution in [3.63, 3.8) is 0 Å². The van der Waals surface area contributed by atoms with Gasteiger partial charge in [-0.25, -0.2) is 0 Å². The van der Waals surface area contributed by atoms with E-state index in [4.69, 9.17) is 9.47 Å². The van der Waals surface area contributed by atoms with Gasteiger partial charge in [-0.1, -0.05) is 19.9 Å². The summed E-state index contributed by atoms with van der Waals surface area (Å²) >= 11 is 0. The first-order valence-electron chi connectivity index (χ1n) is 5.67. The Morgan fingerprint density at radius 3 is 2.72 bits per heavy atom. The highest BCUT2D eigenvalue weighted by atomic mass is 16.7. The van der Waals surface area contributed by atoms with Crippen molar-refractivity contribution in [3.05, 3.63) is 33.9 Å². The van der Waals surface area contributed by atoms with Gasteiger partial charge in [0.2, 0.25) is 0 Å². The van der Waals surface area contributed by atoms with E-state index in [0.717, 1.165) is 5.56 Å². The molecule has 0 atom stereocenters. The van der Waals surface area contributed by atoms with Crippen molar-refractivity contribution in [1.82, 2.24) is 5.32 Å². The van der Waals surface area contributed by atoms with E-state index in [1.54, 1.807) is 12.1 Å². The monoisotopic (exact) mass is 254 g/mol. The number of hydrogen-bond acceptors (Lipinski definition) is 5. The van der Waals surface area contributed by atoms with Crippen LogP contribution < -0.4 is 10.1 Å².